The van der Waals surface area contributed by atoms with Gasteiger partial charge in [0.2, 0.25) is 5.91 Å². The molecule has 30 heavy (non-hydrogen) atoms. The van der Waals surface area contributed by atoms with Crippen molar-refractivity contribution in [3.63, 3.8) is 0 Å². The molecule has 0 aliphatic rings. The van der Waals surface area contributed by atoms with Crippen molar-refractivity contribution >= 4 is 23.6 Å². The first-order valence-corrected chi connectivity index (χ1v) is 10.9. The van der Waals surface area contributed by atoms with Gasteiger partial charge in [-0.05, 0) is 23.6 Å². The molecule has 154 valence electrons. The largest absolute Gasteiger partial charge is 0.465 e. The first-order chi connectivity index (χ1) is 14.7. The number of benzene rings is 3. The number of rotatable bonds is 9. The zero-order valence-electron chi connectivity index (χ0n) is 16.9. The van der Waals surface area contributed by atoms with E-state index in [1.54, 1.807) is 6.92 Å². The van der Waals surface area contributed by atoms with Crippen molar-refractivity contribution < 1.29 is 14.3 Å². The predicted octanol–water partition coefficient (Wildman–Crippen LogP) is 4.39. The third kappa shape index (κ3) is 5.10. The highest BCUT2D eigenvalue weighted by Crippen LogP contribution is 2.48. The molecular formula is C25H25NO3S. The lowest BCUT2D eigenvalue weighted by molar-refractivity contribution is -0.143. The molecule has 3 rings (SSSR count). The molecule has 0 fully saturated rings. The van der Waals surface area contributed by atoms with Gasteiger partial charge in [0.15, 0.2) is 0 Å². The maximum Gasteiger partial charge on any atom is 0.325 e. The molecule has 0 saturated carbocycles. The van der Waals surface area contributed by atoms with E-state index in [4.69, 9.17) is 4.74 Å². The summed E-state index contributed by atoms with van der Waals surface area (Å²) in [6, 6.07) is 30.5. The van der Waals surface area contributed by atoms with Crippen LogP contribution in [0.3, 0.4) is 0 Å². The number of hydrogen-bond donors (Lipinski definition) is 1. The third-order valence-corrected chi connectivity index (χ3v) is 6.24. The topological polar surface area (TPSA) is 55.4 Å². The molecule has 3 aromatic rings. The second-order valence-corrected chi connectivity index (χ2v) is 7.84. The summed E-state index contributed by atoms with van der Waals surface area (Å²) in [5, 5.41) is 2.66. The first-order valence-electron chi connectivity index (χ1n) is 9.89. The van der Waals surface area contributed by atoms with Crippen LogP contribution in [0.2, 0.25) is 0 Å². The van der Waals surface area contributed by atoms with Crippen molar-refractivity contribution in [1.82, 2.24) is 5.32 Å². The smallest absolute Gasteiger partial charge is 0.325 e. The van der Waals surface area contributed by atoms with E-state index in [1.807, 2.05) is 54.6 Å². The zero-order chi connectivity index (χ0) is 21.2. The van der Waals surface area contributed by atoms with E-state index < -0.39 is 10.7 Å². The molecule has 0 atom stereocenters. The lowest BCUT2D eigenvalue weighted by Gasteiger charge is -2.35. The lowest BCUT2D eigenvalue weighted by atomic mass is 9.84. The van der Waals surface area contributed by atoms with E-state index in [9.17, 15) is 9.59 Å². The van der Waals surface area contributed by atoms with Gasteiger partial charge in [-0.1, -0.05) is 91.0 Å². The molecule has 5 heteroatoms. The molecule has 4 nitrogen and oxygen atoms in total. The van der Waals surface area contributed by atoms with Gasteiger partial charge in [0, 0.05) is 0 Å². The Balaban J connectivity index is 1.95. The number of thioether (sulfide) groups is 1. The summed E-state index contributed by atoms with van der Waals surface area (Å²) in [4.78, 5) is 24.1. The quantitative estimate of drug-likeness (QED) is 0.413. The molecule has 0 spiro atoms. The average Bonchev–Trinajstić information content (AvgIpc) is 2.80. The van der Waals surface area contributed by atoms with Crippen LogP contribution in [-0.4, -0.2) is 30.8 Å². The fourth-order valence-corrected chi connectivity index (χ4v) is 4.73. The van der Waals surface area contributed by atoms with Crippen LogP contribution >= 0.6 is 11.8 Å². The van der Waals surface area contributed by atoms with Crippen LogP contribution in [0.5, 0.6) is 0 Å². The number of nitrogens with one attached hydrogen (secondary N) is 1. The van der Waals surface area contributed by atoms with Crippen molar-refractivity contribution in [3.8, 4) is 0 Å². The van der Waals surface area contributed by atoms with E-state index in [-0.39, 0.29) is 18.2 Å². The summed E-state index contributed by atoms with van der Waals surface area (Å²) >= 11 is 1.54. The van der Waals surface area contributed by atoms with Crippen LogP contribution in [0.1, 0.15) is 23.6 Å². The van der Waals surface area contributed by atoms with Crippen LogP contribution in [0.4, 0.5) is 0 Å². The highest BCUT2D eigenvalue weighted by molar-refractivity contribution is 8.01. The molecule has 0 saturated heterocycles. The molecule has 1 amide bonds. The number of amides is 1. The van der Waals surface area contributed by atoms with Gasteiger partial charge in [-0.15, -0.1) is 11.8 Å². The minimum absolute atomic E-state index is 0.123. The molecule has 0 heterocycles. The van der Waals surface area contributed by atoms with E-state index in [0.717, 1.165) is 16.7 Å². The SMILES string of the molecule is CCOC(=O)CNC(=O)CSC(c1ccccc1)(c1ccccc1)c1ccccc1. The summed E-state index contributed by atoms with van der Waals surface area (Å²) < 4.78 is 4.32. The fourth-order valence-electron chi connectivity index (χ4n) is 3.38. The molecule has 0 unspecified atom stereocenters. The summed E-state index contributed by atoms with van der Waals surface area (Å²) in [6.45, 7) is 1.91. The molecule has 0 aliphatic heterocycles. The molecule has 3 aromatic carbocycles. The van der Waals surface area contributed by atoms with Crippen molar-refractivity contribution in [3.05, 3.63) is 108 Å². The lowest BCUT2D eigenvalue weighted by Crippen LogP contribution is -2.34. The summed E-state index contributed by atoms with van der Waals surface area (Å²) in [6.07, 6.45) is 0. The van der Waals surface area contributed by atoms with Gasteiger partial charge < -0.3 is 10.1 Å². The van der Waals surface area contributed by atoms with Crippen molar-refractivity contribution in [2.45, 2.75) is 11.7 Å². The van der Waals surface area contributed by atoms with E-state index >= 15 is 0 Å². The molecule has 0 radical (unpaired) electrons. The Morgan fingerprint density at radius 3 is 1.63 bits per heavy atom. The van der Waals surface area contributed by atoms with Crippen molar-refractivity contribution in [2.75, 3.05) is 18.9 Å². The molecule has 0 bridgehead atoms. The van der Waals surface area contributed by atoms with Gasteiger partial charge in [0.25, 0.3) is 0 Å². The van der Waals surface area contributed by atoms with Crippen LogP contribution in [0, 0.1) is 0 Å². The van der Waals surface area contributed by atoms with Crippen molar-refractivity contribution in [2.24, 2.45) is 0 Å². The summed E-state index contributed by atoms with van der Waals surface area (Å²) in [7, 11) is 0. The standard InChI is InChI=1S/C25H25NO3S/c1-2-29-24(28)18-26-23(27)19-30-25(20-12-6-3-7-13-20,21-14-8-4-9-15-21)22-16-10-5-11-17-22/h3-17H,2,18-19H2,1H3,(H,26,27). The third-order valence-electron chi connectivity index (χ3n) is 4.70. The minimum Gasteiger partial charge on any atom is -0.465 e. The number of carbonyl (C=O) groups is 2. The van der Waals surface area contributed by atoms with Gasteiger partial charge in [0.1, 0.15) is 6.54 Å². The second kappa shape index (κ2) is 10.6. The van der Waals surface area contributed by atoms with E-state index in [2.05, 4.69) is 41.7 Å². The minimum atomic E-state index is -0.564. The first kappa shape index (κ1) is 21.7. The zero-order valence-corrected chi connectivity index (χ0v) is 17.7. The molecular weight excluding hydrogens is 394 g/mol. The number of carbonyl (C=O) groups excluding carboxylic acids is 2. The predicted molar refractivity (Wildman–Crippen MR) is 121 cm³/mol. The Morgan fingerprint density at radius 1 is 0.800 bits per heavy atom. The highest BCUT2D eigenvalue weighted by Gasteiger charge is 2.37. The van der Waals surface area contributed by atoms with E-state index in [1.165, 1.54) is 11.8 Å². The highest BCUT2D eigenvalue weighted by atomic mass is 32.2. The Labute approximate surface area is 181 Å². The second-order valence-electron chi connectivity index (χ2n) is 6.65. The number of ether oxygens (including phenoxy) is 1. The Bertz CT molecular complexity index is 849. The fraction of sp³-hybridized carbons (Fsp3) is 0.200. The van der Waals surface area contributed by atoms with Gasteiger partial charge >= 0.3 is 5.97 Å². The van der Waals surface area contributed by atoms with Gasteiger partial charge in [0.05, 0.1) is 17.1 Å². The van der Waals surface area contributed by atoms with Crippen LogP contribution in [-0.2, 0) is 19.1 Å². The number of esters is 1. The summed E-state index contributed by atoms with van der Waals surface area (Å²) in [5.41, 5.74) is 3.27. The average molecular weight is 420 g/mol. The molecule has 0 aliphatic carbocycles. The van der Waals surface area contributed by atoms with Gasteiger partial charge in [-0.2, -0.15) is 0 Å². The van der Waals surface area contributed by atoms with Crippen LogP contribution in [0.25, 0.3) is 0 Å². The van der Waals surface area contributed by atoms with Gasteiger partial charge in [-0.25, -0.2) is 0 Å². The number of hydrogen-bond acceptors (Lipinski definition) is 4. The normalized spacial score (nSPS) is 11.0. The van der Waals surface area contributed by atoms with Gasteiger partial charge in [-0.3, -0.25) is 9.59 Å². The van der Waals surface area contributed by atoms with Crippen molar-refractivity contribution in [1.29, 1.82) is 0 Å². The van der Waals surface area contributed by atoms with Crippen LogP contribution < -0.4 is 5.32 Å². The van der Waals surface area contributed by atoms with E-state index in [0.29, 0.717) is 6.61 Å². The van der Waals surface area contributed by atoms with Crippen LogP contribution in [0.15, 0.2) is 91.0 Å². The molecule has 0 aromatic heterocycles. The molecule has 1 N–H and O–H groups in total. The Morgan fingerprint density at radius 2 is 1.23 bits per heavy atom. The Hall–Kier alpha value is -3.05. The monoisotopic (exact) mass is 419 g/mol. The Kier molecular flexibility index (Phi) is 7.69. The summed E-state index contributed by atoms with van der Waals surface area (Å²) in [5.74, 6) is -0.450. The maximum atomic E-state index is 12.6. The maximum absolute atomic E-state index is 12.6.